The number of ether oxygens (including phenoxy) is 3. The van der Waals surface area contributed by atoms with Gasteiger partial charge in [0.1, 0.15) is 18.5 Å². The van der Waals surface area contributed by atoms with E-state index in [1.807, 2.05) is 18.2 Å². The molecule has 0 fully saturated rings. The third kappa shape index (κ3) is 3.80. The van der Waals surface area contributed by atoms with Crippen molar-refractivity contribution >= 4 is 11.5 Å². The summed E-state index contributed by atoms with van der Waals surface area (Å²) in [6.45, 7) is 4.66. The fraction of sp³-hybridized carbons (Fsp3) is 0.320. The molecule has 1 aliphatic heterocycles. The molecule has 4 heteroatoms. The molecule has 1 unspecified atom stereocenters. The molecule has 0 radical (unpaired) electrons. The second-order valence-corrected chi connectivity index (χ2v) is 7.38. The van der Waals surface area contributed by atoms with Gasteiger partial charge < -0.3 is 14.2 Å². The van der Waals surface area contributed by atoms with E-state index in [1.165, 1.54) is 5.56 Å². The molecule has 2 aromatic carbocycles. The van der Waals surface area contributed by atoms with Gasteiger partial charge in [0.05, 0.1) is 19.1 Å². The van der Waals surface area contributed by atoms with Crippen LogP contribution < -0.4 is 0 Å². The van der Waals surface area contributed by atoms with Crippen LogP contribution in [0.4, 0.5) is 0 Å². The summed E-state index contributed by atoms with van der Waals surface area (Å²) < 4.78 is 17.4. The maximum Gasteiger partial charge on any atom is 0.339 e. The standard InChI is InChI=1S/C25H26O4/c1-4-16-6-8-18(9-7-16)15-28-24-14-22-20(13-23(24)27-3)19-11-10-17(5-2)12-21(19)25(26)29-22/h6-13,22H,4-5,14-15H2,1-3H3. The molecule has 1 aliphatic carbocycles. The van der Waals surface area contributed by atoms with Gasteiger partial charge in [-0.3, -0.25) is 0 Å². The lowest BCUT2D eigenvalue weighted by atomic mass is 9.86. The van der Waals surface area contributed by atoms with Crippen LogP contribution in [0.1, 0.15) is 52.9 Å². The summed E-state index contributed by atoms with van der Waals surface area (Å²) in [6, 6.07) is 14.4. The number of methoxy groups -OCH3 is 1. The van der Waals surface area contributed by atoms with E-state index in [0.29, 0.717) is 30.1 Å². The summed E-state index contributed by atoms with van der Waals surface area (Å²) in [7, 11) is 1.64. The SMILES string of the molecule is CCc1ccc(COC2=C(OC)C=C3c4ccc(CC)cc4C(=O)OC3C2)cc1. The highest BCUT2D eigenvalue weighted by molar-refractivity contribution is 6.00. The molecule has 4 nitrogen and oxygen atoms in total. The Morgan fingerprint density at radius 2 is 1.66 bits per heavy atom. The van der Waals surface area contributed by atoms with Crippen molar-refractivity contribution in [1.82, 2.24) is 0 Å². The van der Waals surface area contributed by atoms with E-state index in [4.69, 9.17) is 14.2 Å². The average Bonchev–Trinajstić information content (AvgIpc) is 2.77. The summed E-state index contributed by atoms with van der Waals surface area (Å²) in [5.41, 5.74) is 6.04. The van der Waals surface area contributed by atoms with Gasteiger partial charge in [0.2, 0.25) is 0 Å². The van der Waals surface area contributed by atoms with Gasteiger partial charge in [-0.05, 0) is 47.2 Å². The molecule has 0 amide bonds. The van der Waals surface area contributed by atoms with Gasteiger partial charge in [0, 0.05) is 5.57 Å². The maximum absolute atomic E-state index is 12.6. The number of hydrogen-bond acceptors (Lipinski definition) is 4. The van der Waals surface area contributed by atoms with Crippen molar-refractivity contribution in [3.05, 3.63) is 87.9 Å². The Morgan fingerprint density at radius 1 is 0.966 bits per heavy atom. The normalized spacial score (nSPS) is 17.8. The zero-order valence-electron chi connectivity index (χ0n) is 17.2. The molecule has 0 saturated heterocycles. The first-order valence-electron chi connectivity index (χ1n) is 10.2. The van der Waals surface area contributed by atoms with Crippen molar-refractivity contribution in [2.45, 2.75) is 45.8 Å². The number of benzene rings is 2. The average molecular weight is 390 g/mol. The number of fused-ring (bicyclic) bond motifs is 3. The van der Waals surface area contributed by atoms with Gasteiger partial charge in [-0.25, -0.2) is 4.79 Å². The predicted molar refractivity (Wildman–Crippen MR) is 112 cm³/mol. The third-order valence-corrected chi connectivity index (χ3v) is 5.62. The number of aryl methyl sites for hydroxylation is 2. The summed E-state index contributed by atoms with van der Waals surface area (Å²) >= 11 is 0. The largest absolute Gasteiger partial charge is 0.493 e. The Kier molecular flexibility index (Phi) is 5.43. The smallest absolute Gasteiger partial charge is 0.339 e. The number of allylic oxidation sites excluding steroid dienone is 1. The summed E-state index contributed by atoms with van der Waals surface area (Å²) in [5.74, 6) is 1.12. The second-order valence-electron chi connectivity index (χ2n) is 7.38. The molecule has 29 heavy (non-hydrogen) atoms. The first-order valence-corrected chi connectivity index (χ1v) is 10.2. The van der Waals surface area contributed by atoms with Crippen LogP contribution in [0.25, 0.3) is 5.57 Å². The molecular formula is C25H26O4. The Hall–Kier alpha value is -3.01. The summed E-state index contributed by atoms with van der Waals surface area (Å²) in [4.78, 5) is 12.6. The molecule has 2 aromatic rings. The van der Waals surface area contributed by atoms with Gasteiger partial charge >= 0.3 is 5.97 Å². The van der Waals surface area contributed by atoms with Crippen LogP contribution in [-0.2, 0) is 33.7 Å². The minimum Gasteiger partial charge on any atom is -0.493 e. The fourth-order valence-electron chi connectivity index (χ4n) is 3.82. The topological polar surface area (TPSA) is 44.8 Å². The van der Waals surface area contributed by atoms with E-state index in [2.05, 4.69) is 44.2 Å². The van der Waals surface area contributed by atoms with Crippen LogP contribution >= 0.6 is 0 Å². The molecule has 1 atom stereocenters. The van der Waals surface area contributed by atoms with E-state index in [1.54, 1.807) is 7.11 Å². The Balaban J connectivity index is 1.60. The number of carbonyl (C=O) groups is 1. The Bertz CT molecular complexity index is 982. The van der Waals surface area contributed by atoms with Crippen LogP contribution in [0.15, 0.2) is 60.1 Å². The molecule has 2 aliphatic rings. The van der Waals surface area contributed by atoms with E-state index in [-0.39, 0.29) is 12.1 Å². The molecule has 150 valence electrons. The van der Waals surface area contributed by atoms with Crippen molar-refractivity contribution in [3.63, 3.8) is 0 Å². The number of hydrogen-bond donors (Lipinski definition) is 0. The molecule has 4 rings (SSSR count). The monoisotopic (exact) mass is 390 g/mol. The van der Waals surface area contributed by atoms with Crippen molar-refractivity contribution < 1.29 is 19.0 Å². The first kappa shape index (κ1) is 19.3. The highest BCUT2D eigenvalue weighted by Crippen LogP contribution is 2.39. The molecule has 0 N–H and O–H groups in total. The maximum atomic E-state index is 12.6. The fourth-order valence-corrected chi connectivity index (χ4v) is 3.82. The van der Waals surface area contributed by atoms with Crippen LogP contribution in [-0.4, -0.2) is 19.2 Å². The lowest BCUT2D eigenvalue weighted by molar-refractivity contribution is 0.0338. The molecule has 0 spiro atoms. The number of carbonyl (C=O) groups excluding carboxylic acids is 1. The van der Waals surface area contributed by atoms with Gasteiger partial charge in [0.15, 0.2) is 5.76 Å². The molecule has 0 bridgehead atoms. The lowest BCUT2D eigenvalue weighted by Crippen LogP contribution is -2.30. The Labute approximate surface area is 171 Å². The minimum atomic E-state index is -0.348. The summed E-state index contributed by atoms with van der Waals surface area (Å²) in [5, 5.41) is 0. The van der Waals surface area contributed by atoms with Gasteiger partial charge in [0.25, 0.3) is 0 Å². The van der Waals surface area contributed by atoms with E-state index < -0.39 is 0 Å². The van der Waals surface area contributed by atoms with Crippen molar-refractivity contribution in [2.75, 3.05) is 7.11 Å². The summed E-state index contributed by atoms with van der Waals surface area (Å²) in [6.07, 6.45) is 3.97. The lowest BCUT2D eigenvalue weighted by Gasteiger charge is -2.32. The predicted octanol–water partition coefficient (Wildman–Crippen LogP) is 5.21. The number of rotatable bonds is 6. The van der Waals surface area contributed by atoms with E-state index in [9.17, 15) is 4.79 Å². The first-order chi connectivity index (χ1) is 14.1. The molecule has 0 aromatic heterocycles. The molecule has 0 saturated carbocycles. The van der Waals surface area contributed by atoms with Gasteiger partial charge in [-0.2, -0.15) is 0 Å². The van der Waals surface area contributed by atoms with E-state index >= 15 is 0 Å². The number of esters is 1. The van der Waals surface area contributed by atoms with Crippen LogP contribution in [0.5, 0.6) is 0 Å². The van der Waals surface area contributed by atoms with Gasteiger partial charge in [-0.15, -0.1) is 0 Å². The minimum absolute atomic E-state index is 0.271. The van der Waals surface area contributed by atoms with Crippen molar-refractivity contribution in [2.24, 2.45) is 0 Å². The zero-order valence-corrected chi connectivity index (χ0v) is 17.2. The Morgan fingerprint density at radius 3 is 2.34 bits per heavy atom. The third-order valence-electron chi connectivity index (χ3n) is 5.62. The molecular weight excluding hydrogens is 364 g/mol. The van der Waals surface area contributed by atoms with Crippen molar-refractivity contribution in [1.29, 1.82) is 0 Å². The van der Waals surface area contributed by atoms with Crippen molar-refractivity contribution in [3.8, 4) is 0 Å². The molecule has 1 heterocycles. The zero-order chi connectivity index (χ0) is 20.4. The van der Waals surface area contributed by atoms with E-state index in [0.717, 1.165) is 35.1 Å². The van der Waals surface area contributed by atoms with Crippen LogP contribution in [0.3, 0.4) is 0 Å². The second kappa shape index (κ2) is 8.16. The highest BCUT2D eigenvalue weighted by atomic mass is 16.6. The highest BCUT2D eigenvalue weighted by Gasteiger charge is 2.35. The quantitative estimate of drug-likeness (QED) is 0.635. The van der Waals surface area contributed by atoms with Gasteiger partial charge in [-0.1, -0.05) is 50.2 Å². The van der Waals surface area contributed by atoms with Crippen LogP contribution in [0.2, 0.25) is 0 Å². The van der Waals surface area contributed by atoms with Crippen LogP contribution in [0, 0.1) is 0 Å².